The molecule has 2 aliphatic rings. The van der Waals surface area contributed by atoms with Gasteiger partial charge < -0.3 is 4.74 Å². The highest BCUT2D eigenvalue weighted by molar-refractivity contribution is 6.36. The van der Waals surface area contributed by atoms with Crippen LogP contribution in [0.15, 0.2) is 18.2 Å². The molecule has 2 fully saturated rings. The SMILES string of the molecule is O=C(OC[C@H]1CCCN2CCCC[C@H]12)c1ccc(Cl)cc1Cl. The van der Waals surface area contributed by atoms with Gasteiger partial charge in [0.1, 0.15) is 0 Å². The van der Waals surface area contributed by atoms with Crippen molar-refractivity contribution in [2.24, 2.45) is 5.92 Å². The molecule has 0 radical (unpaired) electrons. The Balaban J connectivity index is 1.60. The Bertz CT molecular complexity index is 547. The van der Waals surface area contributed by atoms with Crippen LogP contribution in [0.3, 0.4) is 0 Å². The molecule has 3 rings (SSSR count). The van der Waals surface area contributed by atoms with Gasteiger partial charge in [0.05, 0.1) is 17.2 Å². The minimum absolute atomic E-state index is 0.348. The summed E-state index contributed by atoms with van der Waals surface area (Å²) in [6, 6.07) is 5.44. The number of hydrogen-bond acceptors (Lipinski definition) is 3. The van der Waals surface area contributed by atoms with Crippen LogP contribution in [-0.2, 0) is 4.74 Å². The molecule has 2 heterocycles. The summed E-state index contributed by atoms with van der Waals surface area (Å²) < 4.78 is 5.54. The standard InChI is InChI=1S/C17H21Cl2NO2/c18-13-6-7-14(15(19)10-13)17(21)22-11-12-4-3-9-20-8-2-1-5-16(12)20/h6-7,10,12,16H,1-5,8-9,11H2/t12-,16-/m1/s1. The van der Waals surface area contributed by atoms with Crippen molar-refractivity contribution in [1.82, 2.24) is 4.90 Å². The van der Waals surface area contributed by atoms with E-state index in [-0.39, 0.29) is 5.97 Å². The Morgan fingerprint density at radius 3 is 2.82 bits per heavy atom. The van der Waals surface area contributed by atoms with Crippen molar-refractivity contribution in [3.8, 4) is 0 Å². The fourth-order valence-electron chi connectivity index (χ4n) is 3.69. The monoisotopic (exact) mass is 341 g/mol. The van der Waals surface area contributed by atoms with E-state index in [0.29, 0.717) is 34.2 Å². The first-order valence-electron chi connectivity index (χ1n) is 8.01. The second-order valence-electron chi connectivity index (χ2n) is 6.22. The van der Waals surface area contributed by atoms with Crippen molar-refractivity contribution < 1.29 is 9.53 Å². The maximum Gasteiger partial charge on any atom is 0.339 e. The van der Waals surface area contributed by atoms with Crippen LogP contribution < -0.4 is 0 Å². The molecule has 2 saturated heterocycles. The van der Waals surface area contributed by atoms with Crippen LogP contribution in [0, 0.1) is 5.92 Å². The molecule has 0 aliphatic carbocycles. The van der Waals surface area contributed by atoms with E-state index in [1.165, 1.54) is 38.8 Å². The summed E-state index contributed by atoms with van der Waals surface area (Å²) in [5.74, 6) is 0.0960. The average molecular weight is 342 g/mol. The van der Waals surface area contributed by atoms with Crippen LogP contribution in [0.2, 0.25) is 10.0 Å². The number of fused-ring (bicyclic) bond motifs is 1. The topological polar surface area (TPSA) is 29.5 Å². The summed E-state index contributed by atoms with van der Waals surface area (Å²) in [6.07, 6.45) is 6.14. The second-order valence-corrected chi connectivity index (χ2v) is 7.07. The first-order valence-corrected chi connectivity index (χ1v) is 8.77. The highest BCUT2D eigenvalue weighted by atomic mass is 35.5. The van der Waals surface area contributed by atoms with Gasteiger partial charge in [0.15, 0.2) is 0 Å². The number of hydrogen-bond donors (Lipinski definition) is 0. The molecule has 1 aromatic rings. The van der Waals surface area contributed by atoms with E-state index >= 15 is 0 Å². The fraction of sp³-hybridized carbons (Fsp3) is 0.588. The maximum absolute atomic E-state index is 12.2. The van der Waals surface area contributed by atoms with Gasteiger partial charge in [0.25, 0.3) is 0 Å². The number of nitrogens with zero attached hydrogens (tertiary/aromatic N) is 1. The van der Waals surface area contributed by atoms with Crippen molar-refractivity contribution in [3.63, 3.8) is 0 Å². The number of piperidine rings is 2. The number of carbonyl (C=O) groups is 1. The molecule has 0 unspecified atom stereocenters. The molecule has 0 bridgehead atoms. The molecule has 2 atom stereocenters. The van der Waals surface area contributed by atoms with E-state index in [0.717, 1.165) is 6.42 Å². The Morgan fingerprint density at radius 2 is 2.00 bits per heavy atom. The molecule has 0 aromatic heterocycles. The highest BCUT2D eigenvalue weighted by Crippen LogP contribution is 2.31. The average Bonchev–Trinajstić information content (AvgIpc) is 2.52. The van der Waals surface area contributed by atoms with Crippen molar-refractivity contribution in [3.05, 3.63) is 33.8 Å². The summed E-state index contributed by atoms with van der Waals surface area (Å²) in [6.45, 7) is 2.87. The Labute approximate surface area is 141 Å². The minimum atomic E-state index is -0.352. The van der Waals surface area contributed by atoms with E-state index in [9.17, 15) is 4.79 Å². The van der Waals surface area contributed by atoms with Gasteiger partial charge >= 0.3 is 5.97 Å². The van der Waals surface area contributed by atoms with Crippen LogP contribution in [0.1, 0.15) is 42.5 Å². The zero-order chi connectivity index (χ0) is 15.5. The third-order valence-electron chi connectivity index (χ3n) is 4.81. The summed E-state index contributed by atoms with van der Waals surface area (Å²) in [5.41, 5.74) is 0.391. The fourth-order valence-corrected chi connectivity index (χ4v) is 4.17. The molecule has 0 spiro atoms. The van der Waals surface area contributed by atoms with Gasteiger partial charge in [-0.3, -0.25) is 4.90 Å². The van der Waals surface area contributed by atoms with Crippen LogP contribution in [-0.4, -0.2) is 36.6 Å². The van der Waals surface area contributed by atoms with Crippen LogP contribution in [0.5, 0.6) is 0 Å². The van der Waals surface area contributed by atoms with Gasteiger partial charge in [-0.1, -0.05) is 29.6 Å². The summed E-state index contributed by atoms with van der Waals surface area (Å²) in [4.78, 5) is 14.8. The largest absolute Gasteiger partial charge is 0.462 e. The van der Waals surface area contributed by atoms with Crippen LogP contribution in [0.4, 0.5) is 0 Å². The lowest BCUT2D eigenvalue weighted by Crippen LogP contribution is -2.49. The van der Waals surface area contributed by atoms with E-state index in [4.69, 9.17) is 27.9 Å². The summed E-state index contributed by atoms with van der Waals surface area (Å²) >= 11 is 11.9. The second kappa shape index (κ2) is 7.20. The number of carbonyl (C=O) groups excluding carboxylic acids is 1. The predicted molar refractivity (Wildman–Crippen MR) is 88.7 cm³/mol. The first-order chi connectivity index (χ1) is 10.6. The molecule has 3 nitrogen and oxygen atoms in total. The Morgan fingerprint density at radius 1 is 1.18 bits per heavy atom. The number of rotatable bonds is 3. The molecule has 0 saturated carbocycles. The molecule has 0 amide bonds. The van der Waals surface area contributed by atoms with Gasteiger partial charge in [-0.2, -0.15) is 0 Å². The van der Waals surface area contributed by atoms with Gasteiger partial charge in [0.2, 0.25) is 0 Å². The van der Waals surface area contributed by atoms with Crippen molar-refractivity contribution in [2.45, 2.75) is 38.1 Å². The highest BCUT2D eigenvalue weighted by Gasteiger charge is 2.33. The minimum Gasteiger partial charge on any atom is -0.462 e. The van der Waals surface area contributed by atoms with Crippen molar-refractivity contribution >= 4 is 29.2 Å². The molecule has 5 heteroatoms. The van der Waals surface area contributed by atoms with Gasteiger partial charge in [-0.05, 0) is 57.0 Å². The predicted octanol–water partition coefficient (Wildman–Crippen LogP) is 4.41. The number of ether oxygens (including phenoxy) is 1. The lowest BCUT2D eigenvalue weighted by molar-refractivity contribution is 0.00740. The van der Waals surface area contributed by atoms with E-state index < -0.39 is 0 Å². The number of esters is 1. The Hall–Kier alpha value is -0.770. The lowest BCUT2D eigenvalue weighted by atomic mass is 9.84. The van der Waals surface area contributed by atoms with Crippen molar-refractivity contribution in [2.75, 3.05) is 19.7 Å². The van der Waals surface area contributed by atoms with Gasteiger partial charge in [-0.15, -0.1) is 0 Å². The molecule has 1 aromatic carbocycles. The third-order valence-corrected chi connectivity index (χ3v) is 5.36. The summed E-state index contributed by atoms with van der Waals surface area (Å²) in [7, 11) is 0. The van der Waals surface area contributed by atoms with Gasteiger partial charge in [-0.25, -0.2) is 4.79 Å². The lowest BCUT2D eigenvalue weighted by Gasteiger charge is -2.44. The van der Waals surface area contributed by atoms with E-state index in [2.05, 4.69) is 4.90 Å². The van der Waals surface area contributed by atoms with Crippen LogP contribution >= 0.6 is 23.2 Å². The molecule has 120 valence electrons. The van der Waals surface area contributed by atoms with Crippen molar-refractivity contribution in [1.29, 1.82) is 0 Å². The summed E-state index contributed by atoms with van der Waals surface area (Å²) in [5, 5.41) is 0.868. The molecule has 0 N–H and O–H groups in total. The molecule has 2 aliphatic heterocycles. The number of benzene rings is 1. The maximum atomic E-state index is 12.2. The quantitative estimate of drug-likeness (QED) is 0.762. The number of halogens is 2. The smallest absolute Gasteiger partial charge is 0.339 e. The molecular weight excluding hydrogens is 321 g/mol. The molecule has 22 heavy (non-hydrogen) atoms. The Kier molecular flexibility index (Phi) is 5.27. The normalized spacial score (nSPS) is 25.5. The zero-order valence-corrected chi connectivity index (χ0v) is 14.1. The van der Waals surface area contributed by atoms with E-state index in [1.54, 1.807) is 18.2 Å². The molecular formula is C17H21Cl2NO2. The third kappa shape index (κ3) is 3.58. The van der Waals surface area contributed by atoms with Gasteiger partial charge in [0, 0.05) is 17.0 Å². The van der Waals surface area contributed by atoms with Crippen LogP contribution in [0.25, 0.3) is 0 Å². The zero-order valence-electron chi connectivity index (χ0n) is 12.6. The van der Waals surface area contributed by atoms with E-state index in [1.807, 2.05) is 0 Å². The first kappa shape index (κ1) is 16.1.